The standard InChI is InChI=1S/C21H30N4O/c1-5-18(4)25-14-20(15-25)23-8-10-24(11-9-23)21(26)13-22-19-7-6-16(2)17(3)12-19/h5-7,12,20,22H,1,4,8-11,13-15H2,2-3H3. The maximum Gasteiger partial charge on any atom is 0.241 e. The smallest absolute Gasteiger partial charge is 0.241 e. The Balaban J connectivity index is 1.40. The minimum absolute atomic E-state index is 0.179. The molecule has 1 N–H and O–H groups in total. The lowest BCUT2D eigenvalue weighted by atomic mass is 10.1. The summed E-state index contributed by atoms with van der Waals surface area (Å²) in [7, 11) is 0. The van der Waals surface area contributed by atoms with E-state index in [0.717, 1.165) is 50.7 Å². The Hall–Kier alpha value is -2.27. The zero-order valence-electron chi connectivity index (χ0n) is 16.0. The minimum Gasteiger partial charge on any atom is -0.376 e. The highest BCUT2D eigenvalue weighted by Gasteiger charge is 2.34. The van der Waals surface area contributed by atoms with Crippen molar-refractivity contribution < 1.29 is 4.79 Å². The van der Waals surface area contributed by atoms with Crippen molar-refractivity contribution in [1.29, 1.82) is 0 Å². The number of hydrogen-bond donors (Lipinski definition) is 1. The van der Waals surface area contributed by atoms with Gasteiger partial charge in [-0.05, 0) is 43.2 Å². The molecule has 2 saturated heterocycles. The molecule has 0 radical (unpaired) electrons. The first-order valence-corrected chi connectivity index (χ1v) is 9.37. The lowest BCUT2D eigenvalue weighted by Gasteiger charge is -2.49. The van der Waals surface area contributed by atoms with E-state index in [2.05, 4.69) is 54.3 Å². The second-order valence-corrected chi connectivity index (χ2v) is 7.32. The fourth-order valence-electron chi connectivity index (χ4n) is 3.53. The zero-order chi connectivity index (χ0) is 18.7. The van der Waals surface area contributed by atoms with Gasteiger partial charge in [0.05, 0.1) is 6.54 Å². The molecule has 0 bridgehead atoms. The third-order valence-electron chi connectivity index (χ3n) is 5.64. The summed E-state index contributed by atoms with van der Waals surface area (Å²) in [6, 6.07) is 6.80. The summed E-state index contributed by atoms with van der Waals surface area (Å²) in [6.07, 6.45) is 1.81. The molecule has 2 heterocycles. The summed E-state index contributed by atoms with van der Waals surface area (Å²) in [6.45, 7) is 17.9. The molecule has 0 saturated carbocycles. The molecule has 1 aromatic rings. The minimum atomic E-state index is 0.179. The number of rotatable bonds is 6. The van der Waals surface area contributed by atoms with E-state index in [-0.39, 0.29) is 5.91 Å². The van der Waals surface area contributed by atoms with Crippen LogP contribution in [0.1, 0.15) is 11.1 Å². The summed E-state index contributed by atoms with van der Waals surface area (Å²) in [5.74, 6) is 0.179. The van der Waals surface area contributed by atoms with Crippen LogP contribution in [0.3, 0.4) is 0 Å². The molecule has 3 rings (SSSR count). The number of nitrogens with one attached hydrogen (secondary N) is 1. The number of piperazine rings is 1. The van der Waals surface area contributed by atoms with E-state index in [1.165, 1.54) is 11.1 Å². The molecule has 26 heavy (non-hydrogen) atoms. The molecule has 0 aliphatic carbocycles. The second kappa shape index (κ2) is 7.96. The summed E-state index contributed by atoms with van der Waals surface area (Å²) < 4.78 is 0. The number of nitrogens with zero attached hydrogens (tertiary/aromatic N) is 3. The topological polar surface area (TPSA) is 38.8 Å². The number of anilines is 1. The van der Waals surface area contributed by atoms with E-state index in [4.69, 9.17) is 0 Å². The van der Waals surface area contributed by atoms with E-state index in [1.54, 1.807) is 0 Å². The molecular formula is C21H30N4O. The lowest BCUT2D eigenvalue weighted by molar-refractivity contribution is -0.131. The molecule has 0 unspecified atom stereocenters. The first-order chi connectivity index (χ1) is 12.5. The Morgan fingerprint density at radius 2 is 1.85 bits per heavy atom. The van der Waals surface area contributed by atoms with Gasteiger partial charge in [-0.2, -0.15) is 0 Å². The van der Waals surface area contributed by atoms with Crippen LogP contribution in [0, 0.1) is 13.8 Å². The molecule has 2 aliphatic heterocycles. The van der Waals surface area contributed by atoms with Crippen LogP contribution in [0.25, 0.3) is 0 Å². The van der Waals surface area contributed by atoms with Gasteiger partial charge in [-0.1, -0.05) is 19.2 Å². The van der Waals surface area contributed by atoms with Gasteiger partial charge in [0, 0.05) is 56.7 Å². The fraction of sp³-hybridized carbons (Fsp3) is 0.476. The maximum atomic E-state index is 12.5. The zero-order valence-corrected chi connectivity index (χ0v) is 16.0. The van der Waals surface area contributed by atoms with Gasteiger partial charge in [-0.25, -0.2) is 0 Å². The molecule has 1 amide bonds. The summed E-state index contributed by atoms with van der Waals surface area (Å²) in [5.41, 5.74) is 4.53. The Bertz CT molecular complexity index is 685. The molecular weight excluding hydrogens is 324 g/mol. The molecule has 0 aromatic heterocycles. The van der Waals surface area contributed by atoms with E-state index in [0.29, 0.717) is 12.6 Å². The van der Waals surface area contributed by atoms with Gasteiger partial charge in [-0.15, -0.1) is 0 Å². The van der Waals surface area contributed by atoms with Crippen molar-refractivity contribution in [3.63, 3.8) is 0 Å². The van der Waals surface area contributed by atoms with Crippen molar-refractivity contribution in [2.75, 3.05) is 51.1 Å². The van der Waals surface area contributed by atoms with E-state index < -0.39 is 0 Å². The van der Waals surface area contributed by atoms with Crippen molar-refractivity contribution in [3.8, 4) is 0 Å². The number of hydrogen-bond acceptors (Lipinski definition) is 4. The third kappa shape index (κ3) is 4.10. The van der Waals surface area contributed by atoms with Crippen molar-refractivity contribution >= 4 is 11.6 Å². The molecule has 2 fully saturated rings. The summed E-state index contributed by atoms with van der Waals surface area (Å²) >= 11 is 0. The Morgan fingerprint density at radius 3 is 2.46 bits per heavy atom. The van der Waals surface area contributed by atoms with Gasteiger partial charge in [-0.3, -0.25) is 9.69 Å². The van der Waals surface area contributed by atoms with Gasteiger partial charge in [0.1, 0.15) is 0 Å². The van der Waals surface area contributed by atoms with Crippen LogP contribution >= 0.6 is 0 Å². The number of amides is 1. The number of carbonyl (C=O) groups is 1. The Morgan fingerprint density at radius 1 is 1.15 bits per heavy atom. The largest absolute Gasteiger partial charge is 0.376 e. The van der Waals surface area contributed by atoms with Gasteiger partial charge < -0.3 is 15.1 Å². The van der Waals surface area contributed by atoms with Crippen molar-refractivity contribution in [1.82, 2.24) is 14.7 Å². The van der Waals surface area contributed by atoms with Crippen molar-refractivity contribution in [2.24, 2.45) is 0 Å². The van der Waals surface area contributed by atoms with Crippen LogP contribution in [-0.2, 0) is 4.79 Å². The van der Waals surface area contributed by atoms with Crippen LogP contribution in [-0.4, -0.2) is 72.5 Å². The molecule has 0 atom stereocenters. The van der Waals surface area contributed by atoms with Crippen LogP contribution in [0.15, 0.2) is 43.1 Å². The predicted octanol–water partition coefficient (Wildman–Crippen LogP) is 2.24. The molecule has 5 nitrogen and oxygen atoms in total. The molecule has 0 spiro atoms. The quantitative estimate of drug-likeness (QED) is 0.796. The Labute approximate surface area is 157 Å². The van der Waals surface area contributed by atoms with E-state index in [9.17, 15) is 4.79 Å². The number of benzene rings is 1. The lowest BCUT2D eigenvalue weighted by Crippen LogP contribution is -2.63. The second-order valence-electron chi connectivity index (χ2n) is 7.32. The normalized spacial score (nSPS) is 18.4. The molecule has 1 aromatic carbocycles. The first kappa shape index (κ1) is 18.5. The average molecular weight is 354 g/mol. The molecule has 5 heteroatoms. The van der Waals surface area contributed by atoms with Gasteiger partial charge in [0.2, 0.25) is 5.91 Å². The van der Waals surface area contributed by atoms with Gasteiger partial charge in [0.25, 0.3) is 0 Å². The third-order valence-corrected chi connectivity index (χ3v) is 5.64. The van der Waals surface area contributed by atoms with Crippen molar-refractivity contribution in [2.45, 2.75) is 19.9 Å². The van der Waals surface area contributed by atoms with Gasteiger partial charge in [0.15, 0.2) is 0 Å². The highest BCUT2D eigenvalue weighted by molar-refractivity contribution is 5.81. The molecule has 2 aliphatic rings. The Kier molecular flexibility index (Phi) is 5.67. The number of allylic oxidation sites excluding steroid dienone is 1. The van der Waals surface area contributed by atoms with Gasteiger partial charge >= 0.3 is 0 Å². The van der Waals surface area contributed by atoms with Crippen LogP contribution < -0.4 is 5.32 Å². The monoisotopic (exact) mass is 354 g/mol. The molecule has 140 valence electrons. The fourth-order valence-corrected chi connectivity index (χ4v) is 3.53. The first-order valence-electron chi connectivity index (χ1n) is 9.37. The predicted molar refractivity (Wildman–Crippen MR) is 107 cm³/mol. The SMILES string of the molecule is C=CC(=C)N1CC(N2CCN(C(=O)CNc3ccc(C)c(C)c3)CC2)C1. The van der Waals surface area contributed by atoms with E-state index >= 15 is 0 Å². The number of likely N-dealkylation sites (tertiary alicyclic amines) is 1. The maximum absolute atomic E-state index is 12.5. The highest BCUT2D eigenvalue weighted by atomic mass is 16.2. The van der Waals surface area contributed by atoms with Crippen LogP contribution in [0.5, 0.6) is 0 Å². The van der Waals surface area contributed by atoms with Crippen LogP contribution in [0.4, 0.5) is 5.69 Å². The average Bonchev–Trinajstić information content (AvgIpc) is 2.61. The van der Waals surface area contributed by atoms with E-state index in [1.807, 2.05) is 17.0 Å². The van der Waals surface area contributed by atoms with Crippen molar-refractivity contribution in [3.05, 3.63) is 54.3 Å². The number of carbonyl (C=O) groups excluding carboxylic acids is 1. The summed E-state index contributed by atoms with van der Waals surface area (Å²) in [4.78, 5) is 19.2. The number of aryl methyl sites for hydroxylation is 2. The van der Waals surface area contributed by atoms with Crippen LogP contribution in [0.2, 0.25) is 0 Å². The highest BCUT2D eigenvalue weighted by Crippen LogP contribution is 2.21. The summed E-state index contributed by atoms with van der Waals surface area (Å²) in [5, 5.41) is 3.26.